The summed E-state index contributed by atoms with van der Waals surface area (Å²) in [6.07, 6.45) is -14.1. The molecule has 4 saturated heterocycles. The highest BCUT2D eigenvalue weighted by molar-refractivity contribution is 6.00. The molecule has 0 aromatic carbocycles. The highest BCUT2D eigenvalue weighted by atomic mass is 16.7. The van der Waals surface area contributed by atoms with Gasteiger partial charge >= 0.3 is 17.9 Å². The second-order valence-corrected chi connectivity index (χ2v) is 32.4. The molecule has 0 bridgehead atoms. The molecule has 27 heteroatoms. The normalized spacial score (nSPS) is 27.9. The molecule has 4 aliphatic rings. The number of nitrogens with two attached hydrogens (primary N) is 1. The number of hydrogen-bond acceptors (Lipinski definition) is 22. The van der Waals surface area contributed by atoms with Crippen molar-refractivity contribution in [3.05, 3.63) is 0 Å². The minimum atomic E-state index is -2.97. The molecular formula is C95H178N6O21. The average molecular weight is 1780 g/mol. The standard InChI is InChI=1S/2C18H31NO5.2C17H29NO4.C17H33NO3.C5H13N.3CH4/c2*1-6-23-18(22)16-15(24-16)14(20)10-13(9-12(4)5)17(21)19-8-7-11(2)3;2*1-10(2)6-7-18-17(21)13(8-11(3)4)9-14(20)16-15(22-16)12(5)19;1-12(2)8-9-18-16(20)14(10-13(3)4)11-15(19)21-17(5,6)7;1-5(2)3-4-6;;;/h2*11-13,15-16H,6-10H2,1-5H3,(H,19,21);2*10-11,13,15-16H,6-9H2,1-5H3,(H,18,21);12-14H,8-11H2,1-7H3,(H,18,20);5H,3-4,6H2,1-2H3;3*1H4/t2*13-,15-,16+;2*13-,15-,16-;14-;;;;/m11111..../s1/i2D3,4D3,11D,12D;2D3,11D;1D3,3D3,10D,11D;1D3,10D;8D2,9D2,12D;1D3,3D2,4D2,5D;;;/t11?,12?,13-,15-,16+;11?,13-,15-,16+;10?,11?,13-,15-,16-;10?,13-,15-,16-;m;;;;. The molecule has 0 aromatic heterocycles. The summed E-state index contributed by atoms with van der Waals surface area (Å²) < 4.78 is 312. The molecule has 27 nitrogen and oxygen atoms in total. The zero-order chi connectivity index (χ0) is 124. The van der Waals surface area contributed by atoms with Crippen molar-refractivity contribution >= 4 is 82.1 Å². The van der Waals surface area contributed by atoms with E-state index in [0.717, 1.165) is 20.8 Å². The minimum Gasteiger partial charge on any atom is -0.464 e. The van der Waals surface area contributed by atoms with E-state index < -0.39 is 278 Å². The fraction of sp³-hybridized carbons (Fsp3) is 0.853. The van der Waals surface area contributed by atoms with Crippen LogP contribution in [-0.4, -0.2) is 189 Å². The predicted octanol–water partition coefficient (Wildman–Crippen LogP) is 14.9. The van der Waals surface area contributed by atoms with Crippen LogP contribution in [0.5, 0.6) is 0 Å². The fourth-order valence-electron chi connectivity index (χ4n) is 11.2. The summed E-state index contributed by atoms with van der Waals surface area (Å²) in [6.45, 7) is 9.12. The van der Waals surface area contributed by atoms with Crippen LogP contribution in [0.15, 0.2) is 0 Å². The van der Waals surface area contributed by atoms with Crippen LogP contribution in [0, 0.1) is 94.5 Å². The first-order chi connectivity index (χ1) is 69.2. The first-order valence-corrected chi connectivity index (χ1v) is 40.3. The summed E-state index contributed by atoms with van der Waals surface area (Å²) in [5.41, 5.74) is 4.19. The lowest BCUT2D eigenvalue weighted by molar-refractivity contribution is -0.157. The Morgan fingerprint density at radius 3 is 0.861 bits per heavy atom. The number of carbonyl (C=O) groups is 14. The molecule has 0 aliphatic carbocycles. The molecule has 4 fully saturated rings. The summed E-state index contributed by atoms with van der Waals surface area (Å²) in [5, 5.41) is 12.2. The third kappa shape index (κ3) is 61.0. The zero-order valence-electron chi connectivity index (χ0n) is 111. The molecule has 7 unspecified atom stereocenters. The van der Waals surface area contributed by atoms with Gasteiger partial charge in [-0.2, -0.15) is 0 Å². The van der Waals surface area contributed by atoms with E-state index in [9.17, 15) is 67.1 Å². The van der Waals surface area contributed by atoms with E-state index in [1.807, 2.05) is 41.5 Å². The third-order valence-electron chi connectivity index (χ3n) is 16.9. The Bertz CT molecular complexity index is 4650. The Morgan fingerprint density at radius 2 is 0.631 bits per heavy atom. The molecule has 0 aromatic rings. The molecule has 5 amide bonds. The first-order valence-electron chi connectivity index (χ1n) is 58.8. The molecule has 122 heavy (non-hydrogen) atoms. The van der Waals surface area contributed by atoms with E-state index in [4.69, 9.17) is 89.6 Å². The van der Waals surface area contributed by atoms with Gasteiger partial charge in [0.05, 0.1) is 19.6 Å². The summed E-state index contributed by atoms with van der Waals surface area (Å²) in [5.74, 6) is -26.4. The third-order valence-corrected chi connectivity index (χ3v) is 16.9. The van der Waals surface area contributed by atoms with Crippen molar-refractivity contribution in [2.24, 2.45) is 100 Å². The van der Waals surface area contributed by atoms with Crippen molar-refractivity contribution < 1.29 is 151 Å². The molecule has 4 rings (SSSR count). The number of amides is 5. The maximum atomic E-state index is 12.7. The maximum Gasteiger partial charge on any atom is 0.338 e. The smallest absolute Gasteiger partial charge is 0.338 e. The zero-order valence-corrected chi connectivity index (χ0v) is 74.0. The Balaban J connectivity index is -0.000000601. The monoisotopic (exact) mass is 1780 g/mol. The van der Waals surface area contributed by atoms with Crippen LogP contribution in [0.1, 0.15) is 376 Å². The van der Waals surface area contributed by atoms with Crippen LogP contribution >= 0.6 is 0 Å². The SMILES string of the molecule is C.C.C.[2H]C(C)(C)C([2H])([2H])C([2H])([2H])NC(=O)[C@@H](CC(=O)OC(C)(C)C)CC(C)C.[2H]C([2H])([2H])C([2H])(C)C([2H])([2H])C([2H])([2H])N.[2H]C([2H])([2H])C([2H])(C)CCNC(=O)[C@@H](CC(=O)[C@H]1O[C@@H]1C(=O)OCC)CC(C)C.[2H]C([2H])([2H])C([2H])(C)CCNC(=O)[C@@H](CC(=O)[C@H]1O[C@@H]1C(=O)OCC)CC([2H])(C)C([2H])([2H])[2H].[2H]C([2H])([2H])C([2H])(C)CCNC(=O)[C@@H](CC(=O)[C@H]1O[C@@H]1C(C)=O)CC(C)C.[2H]C([2H])([2H])C([2H])(C)CCNC(=O)[C@@H](CC(=O)[C@H]1O[C@@H]1C(C)=O)CC([2H])(C)C([2H])([2H])[2H]. The lowest BCUT2D eigenvalue weighted by atomic mass is 9.90. The largest absolute Gasteiger partial charge is 0.464 e. The topological polar surface area (TPSA) is 403 Å². The van der Waals surface area contributed by atoms with Crippen LogP contribution in [0.4, 0.5) is 0 Å². The van der Waals surface area contributed by atoms with Gasteiger partial charge in [-0.25, -0.2) is 9.59 Å². The Morgan fingerprint density at radius 1 is 0.369 bits per heavy atom. The molecule has 20 atom stereocenters. The van der Waals surface area contributed by atoms with Gasteiger partial charge in [-0.15, -0.1) is 0 Å². The number of nitrogens with one attached hydrogen (secondary N) is 5. The van der Waals surface area contributed by atoms with Gasteiger partial charge < -0.3 is 65.5 Å². The maximum absolute atomic E-state index is 12.7. The van der Waals surface area contributed by atoms with Gasteiger partial charge in [0.2, 0.25) is 29.5 Å². The van der Waals surface area contributed by atoms with E-state index in [-0.39, 0.29) is 159 Å². The highest BCUT2D eigenvalue weighted by Crippen LogP contribution is 2.33. The van der Waals surface area contributed by atoms with E-state index in [1.54, 1.807) is 34.6 Å². The number of carbonyl (C=O) groups excluding carboxylic acids is 14. The lowest BCUT2D eigenvalue weighted by Gasteiger charge is -2.23. The van der Waals surface area contributed by atoms with Gasteiger partial charge in [-0.05, 0) is 190 Å². The van der Waals surface area contributed by atoms with Crippen molar-refractivity contribution in [1.29, 1.82) is 0 Å². The average Bonchev–Trinajstić information content (AvgIpc) is 1.73. The van der Waals surface area contributed by atoms with E-state index in [0.29, 0.717) is 19.3 Å². The molecule has 0 spiro atoms. The van der Waals surface area contributed by atoms with Gasteiger partial charge in [-0.1, -0.05) is 174 Å². The molecule has 4 heterocycles. The summed E-state index contributed by atoms with van der Waals surface area (Å²) in [7, 11) is 0. The van der Waals surface area contributed by atoms with Crippen LogP contribution in [0.25, 0.3) is 0 Å². The molecular weight excluding hydrogens is 1560 g/mol. The molecule has 0 saturated carbocycles. The van der Waals surface area contributed by atoms with Gasteiger partial charge in [0.25, 0.3) is 0 Å². The van der Waals surface area contributed by atoms with Gasteiger partial charge in [-0.3, -0.25) is 57.5 Å². The lowest BCUT2D eigenvalue weighted by Crippen LogP contribution is -2.35. The Kier molecular flexibility index (Phi) is 37.7. The van der Waals surface area contributed by atoms with Crippen LogP contribution < -0.4 is 32.3 Å². The molecule has 0 radical (unpaired) electrons. The van der Waals surface area contributed by atoms with Crippen molar-refractivity contribution in [3.63, 3.8) is 0 Å². The van der Waals surface area contributed by atoms with Crippen molar-refractivity contribution in [2.45, 2.75) is 380 Å². The Labute approximate surface area is 790 Å². The number of rotatable bonds is 52. The summed E-state index contributed by atoms with van der Waals surface area (Å²) in [4.78, 5) is 170. The van der Waals surface area contributed by atoms with Gasteiger partial charge in [0.1, 0.15) is 30.0 Å². The van der Waals surface area contributed by atoms with Crippen molar-refractivity contribution in [1.82, 2.24) is 26.6 Å². The van der Waals surface area contributed by atoms with Crippen LogP contribution in [0.3, 0.4) is 0 Å². The van der Waals surface area contributed by atoms with Crippen LogP contribution in [0.2, 0.25) is 0 Å². The minimum absolute atomic E-state index is 0. The quantitative estimate of drug-likeness (QED) is 0.0187. The number of hydrogen-bond donors (Lipinski definition) is 6. The number of ketones is 6. The first kappa shape index (κ1) is 69.7. The van der Waals surface area contributed by atoms with Gasteiger partial charge in [0.15, 0.2) is 59.1 Å². The second kappa shape index (κ2) is 66.1. The number of epoxide rings is 4. The molecule has 4 aliphatic heterocycles. The summed E-state index contributed by atoms with van der Waals surface area (Å²) >= 11 is 0. The summed E-state index contributed by atoms with van der Waals surface area (Å²) in [6, 6.07) is 0. The Hall–Kier alpha value is -6.42. The highest BCUT2D eigenvalue weighted by Gasteiger charge is 2.53. The fourth-order valence-corrected chi connectivity index (χ4v) is 11.2. The number of ether oxygens (including phenoxy) is 7. The number of esters is 3. The van der Waals surface area contributed by atoms with Crippen LogP contribution in [-0.2, 0) is 100 Å². The predicted molar refractivity (Wildman–Crippen MR) is 484 cm³/mol. The van der Waals surface area contributed by atoms with Crippen molar-refractivity contribution in [2.75, 3.05) is 52.4 Å². The van der Waals surface area contributed by atoms with Gasteiger partial charge in [0, 0.05) is 139 Å². The second-order valence-electron chi connectivity index (χ2n) is 32.4. The molecule has 7 N–H and O–H groups in total. The van der Waals surface area contributed by atoms with E-state index in [1.165, 1.54) is 55.4 Å². The van der Waals surface area contributed by atoms with E-state index >= 15 is 0 Å². The van der Waals surface area contributed by atoms with E-state index in [2.05, 4.69) is 26.6 Å². The number of Topliss-reactive ketones (excluding diaryl/α,β-unsaturated/α-hetero) is 6. The molecule has 714 valence electrons. The van der Waals surface area contributed by atoms with Crippen molar-refractivity contribution in [3.8, 4) is 0 Å².